The quantitative estimate of drug-likeness (QED) is 0.874. The third-order valence-electron chi connectivity index (χ3n) is 2.77. The lowest BCUT2D eigenvalue weighted by atomic mass is 10.2. The maximum absolute atomic E-state index is 10.7. The summed E-state index contributed by atoms with van der Waals surface area (Å²) in [6, 6.07) is 9.04. The number of furan rings is 1. The van der Waals surface area contributed by atoms with E-state index in [1.54, 1.807) is 6.07 Å². The first kappa shape index (κ1) is 14.5. The average Bonchev–Trinajstić information content (AvgIpc) is 2.85. The Bertz CT molecular complexity index is 623. The van der Waals surface area contributed by atoms with Crippen LogP contribution in [0.1, 0.15) is 16.3 Å². The molecule has 0 aliphatic heterocycles. The number of nitrogens with one attached hydrogen (secondary N) is 1. The Morgan fingerprint density at radius 3 is 2.70 bits per heavy atom. The number of hydrogen-bond donors (Lipinski definition) is 2. The molecule has 1 heterocycles. The monoisotopic (exact) mass is 338 g/mol. The van der Waals surface area contributed by atoms with E-state index in [4.69, 9.17) is 9.52 Å². The van der Waals surface area contributed by atoms with Crippen LogP contribution in [0.5, 0.6) is 0 Å². The maximum Gasteiger partial charge on any atom is 0.371 e. The maximum atomic E-state index is 10.7. The molecule has 2 N–H and O–H groups in total. The Morgan fingerprint density at radius 2 is 2.10 bits per heavy atom. The molecular weight excluding hydrogens is 324 g/mol. The van der Waals surface area contributed by atoms with E-state index in [1.807, 2.05) is 37.2 Å². The number of nitrogens with zero attached hydrogens (tertiary/aromatic N) is 1. The van der Waals surface area contributed by atoms with Crippen LogP contribution in [-0.4, -0.2) is 25.2 Å². The van der Waals surface area contributed by atoms with Crippen LogP contribution < -0.4 is 10.2 Å². The minimum atomic E-state index is -1.06. The first-order valence-corrected chi connectivity index (χ1v) is 6.79. The molecule has 2 aromatic rings. The van der Waals surface area contributed by atoms with E-state index in [0.29, 0.717) is 12.3 Å². The predicted molar refractivity (Wildman–Crippen MR) is 81.5 cm³/mol. The lowest BCUT2D eigenvalue weighted by Crippen LogP contribution is -2.12. The Hall–Kier alpha value is -1.95. The van der Waals surface area contributed by atoms with Crippen molar-refractivity contribution in [2.45, 2.75) is 6.54 Å². The van der Waals surface area contributed by atoms with Crippen molar-refractivity contribution in [3.63, 3.8) is 0 Å². The molecule has 0 aliphatic carbocycles. The van der Waals surface area contributed by atoms with Crippen LogP contribution in [0.3, 0.4) is 0 Å². The molecule has 0 bridgehead atoms. The van der Waals surface area contributed by atoms with Crippen LogP contribution in [0.25, 0.3) is 0 Å². The lowest BCUT2D eigenvalue weighted by molar-refractivity contribution is 0.0660. The van der Waals surface area contributed by atoms with E-state index in [-0.39, 0.29) is 5.76 Å². The molecule has 0 saturated heterocycles. The summed E-state index contributed by atoms with van der Waals surface area (Å²) < 4.78 is 6.18. The van der Waals surface area contributed by atoms with Crippen molar-refractivity contribution in [3.05, 3.63) is 46.3 Å². The van der Waals surface area contributed by atoms with Gasteiger partial charge in [-0.2, -0.15) is 0 Å². The third-order valence-corrected chi connectivity index (χ3v) is 3.26. The second kappa shape index (κ2) is 6.00. The minimum absolute atomic E-state index is 0.0520. The zero-order valence-electron chi connectivity index (χ0n) is 11.2. The van der Waals surface area contributed by atoms with Crippen LogP contribution in [0, 0.1) is 0 Å². The van der Waals surface area contributed by atoms with Gasteiger partial charge >= 0.3 is 5.97 Å². The van der Waals surface area contributed by atoms with Gasteiger partial charge in [-0.15, -0.1) is 0 Å². The van der Waals surface area contributed by atoms with Crippen LogP contribution in [0.2, 0.25) is 0 Å². The van der Waals surface area contributed by atoms with Gasteiger partial charge < -0.3 is 19.7 Å². The van der Waals surface area contributed by atoms with Crippen molar-refractivity contribution in [3.8, 4) is 0 Å². The largest absolute Gasteiger partial charge is 0.475 e. The van der Waals surface area contributed by atoms with Gasteiger partial charge in [0.05, 0.1) is 17.9 Å². The first-order valence-electron chi connectivity index (χ1n) is 6.00. The van der Waals surface area contributed by atoms with Crippen LogP contribution in [0.15, 0.2) is 39.2 Å². The fourth-order valence-corrected chi connectivity index (χ4v) is 2.17. The molecule has 0 spiro atoms. The van der Waals surface area contributed by atoms with Gasteiger partial charge in [-0.3, -0.25) is 0 Å². The van der Waals surface area contributed by atoms with E-state index in [9.17, 15) is 4.79 Å². The molecule has 1 aromatic heterocycles. The summed E-state index contributed by atoms with van der Waals surface area (Å²) >= 11 is 3.44. The molecule has 0 fully saturated rings. The highest BCUT2D eigenvalue weighted by atomic mass is 79.9. The molecular formula is C14H15BrN2O3. The molecule has 0 radical (unpaired) electrons. The molecule has 2 rings (SSSR count). The van der Waals surface area contributed by atoms with Crippen LogP contribution in [0.4, 0.5) is 11.4 Å². The summed E-state index contributed by atoms with van der Waals surface area (Å²) in [5.41, 5.74) is 1.98. The van der Waals surface area contributed by atoms with Crippen molar-refractivity contribution < 1.29 is 14.3 Å². The van der Waals surface area contributed by atoms with Crippen LogP contribution in [-0.2, 0) is 6.54 Å². The smallest absolute Gasteiger partial charge is 0.371 e. The van der Waals surface area contributed by atoms with Crippen molar-refractivity contribution in [2.75, 3.05) is 24.3 Å². The number of benzene rings is 1. The van der Waals surface area contributed by atoms with Crippen molar-refractivity contribution in [1.29, 1.82) is 0 Å². The number of anilines is 2. The van der Waals surface area contributed by atoms with E-state index in [0.717, 1.165) is 15.8 Å². The van der Waals surface area contributed by atoms with Gasteiger partial charge in [0.2, 0.25) is 5.76 Å². The molecule has 0 aliphatic rings. The van der Waals surface area contributed by atoms with E-state index < -0.39 is 5.97 Å². The molecule has 106 valence electrons. The van der Waals surface area contributed by atoms with Gasteiger partial charge in [0.15, 0.2) is 0 Å². The molecule has 6 heteroatoms. The second-order valence-corrected chi connectivity index (χ2v) is 5.40. The minimum Gasteiger partial charge on any atom is -0.475 e. The summed E-state index contributed by atoms with van der Waals surface area (Å²) in [5.74, 6) is -0.538. The number of carboxylic acid groups (broad SMARTS) is 1. The van der Waals surface area contributed by atoms with Gasteiger partial charge in [-0.05, 0) is 30.3 Å². The summed E-state index contributed by atoms with van der Waals surface area (Å²) in [5, 5.41) is 12.1. The topological polar surface area (TPSA) is 65.7 Å². The fourth-order valence-electron chi connectivity index (χ4n) is 1.81. The average molecular weight is 339 g/mol. The van der Waals surface area contributed by atoms with Gasteiger partial charge in [0, 0.05) is 18.6 Å². The van der Waals surface area contributed by atoms with Gasteiger partial charge in [-0.1, -0.05) is 15.9 Å². The number of halogens is 1. The van der Waals surface area contributed by atoms with Gasteiger partial charge in [0.25, 0.3) is 0 Å². The van der Waals surface area contributed by atoms with Gasteiger partial charge in [-0.25, -0.2) is 4.79 Å². The highest BCUT2D eigenvalue weighted by Gasteiger charge is 2.10. The van der Waals surface area contributed by atoms with Crippen molar-refractivity contribution in [1.82, 2.24) is 0 Å². The standard InChI is InChI=1S/C14H15BrN2O3/c1-17(2)12-5-3-9(15)7-11(12)16-8-10-4-6-13(20-10)14(18)19/h3-7,16H,8H2,1-2H3,(H,18,19). The normalized spacial score (nSPS) is 10.3. The Kier molecular flexibility index (Phi) is 4.34. The highest BCUT2D eigenvalue weighted by Crippen LogP contribution is 2.28. The van der Waals surface area contributed by atoms with Gasteiger partial charge in [0.1, 0.15) is 5.76 Å². The van der Waals surface area contributed by atoms with E-state index >= 15 is 0 Å². The molecule has 0 unspecified atom stereocenters. The summed E-state index contributed by atoms with van der Waals surface area (Å²) in [4.78, 5) is 12.7. The van der Waals surface area contributed by atoms with E-state index in [1.165, 1.54) is 6.07 Å². The Balaban J connectivity index is 2.13. The summed E-state index contributed by atoms with van der Waals surface area (Å²) in [6.45, 7) is 0.421. The number of rotatable bonds is 5. The number of carboxylic acids is 1. The highest BCUT2D eigenvalue weighted by molar-refractivity contribution is 9.10. The molecule has 0 amide bonds. The SMILES string of the molecule is CN(C)c1ccc(Br)cc1NCc1ccc(C(=O)O)o1. The third kappa shape index (κ3) is 3.33. The van der Waals surface area contributed by atoms with Crippen molar-refractivity contribution >= 4 is 33.3 Å². The van der Waals surface area contributed by atoms with Crippen LogP contribution >= 0.6 is 15.9 Å². The second-order valence-electron chi connectivity index (χ2n) is 4.48. The Morgan fingerprint density at radius 1 is 1.35 bits per heavy atom. The zero-order valence-corrected chi connectivity index (χ0v) is 12.8. The molecule has 0 saturated carbocycles. The number of carbonyl (C=O) groups is 1. The molecule has 5 nitrogen and oxygen atoms in total. The molecule has 1 aromatic carbocycles. The first-order chi connectivity index (χ1) is 9.47. The Labute approximate surface area is 125 Å². The number of aromatic carboxylic acids is 1. The molecule has 0 atom stereocenters. The summed E-state index contributed by atoms with van der Waals surface area (Å²) in [6.07, 6.45) is 0. The predicted octanol–water partition coefficient (Wildman–Crippen LogP) is 3.42. The fraction of sp³-hybridized carbons (Fsp3) is 0.214. The van der Waals surface area contributed by atoms with E-state index in [2.05, 4.69) is 21.2 Å². The van der Waals surface area contributed by atoms with Crippen molar-refractivity contribution in [2.24, 2.45) is 0 Å². The zero-order chi connectivity index (χ0) is 14.7. The molecule has 20 heavy (non-hydrogen) atoms. The summed E-state index contributed by atoms with van der Waals surface area (Å²) in [7, 11) is 3.92. The lowest BCUT2D eigenvalue weighted by Gasteiger charge is -2.18. The number of hydrogen-bond acceptors (Lipinski definition) is 4.